The van der Waals surface area contributed by atoms with Crippen LogP contribution in [0.5, 0.6) is 0 Å². The molecule has 0 amide bonds. The first-order valence-corrected chi connectivity index (χ1v) is 6.31. The van der Waals surface area contributed by atoms with E-state index in [-0.39, 0.29) is 12.1 Å². The average molecular weight is 227 g/mol. The van der Waals surface area contributed by atoms with Gasteiger partial charge in [-0.1, -0.05) is 0 Å². The van der Waals surface area contributed by atoms with Gasteiger partial charge in [0.25, 0.3) is 0 Å². The predicted octanol–water partition coefficient (Wildman–Crippen LogP) is 1.24. The van der Waals surface area contributed by atoms with Crippen molar-refractivity contribution < 1.29 is 14.3 Å². The third-order valence-electron chi connectivity index (χ3n) is 3.57. The van der Waals surface area contributed by atoms with Crippen LogP contribution in [0.3, 0.4) is 0 Å². The summed E-state index contributed by atoms with van der Waals surface area (Å²) in [6, 6.07) is 0. The third kappa shape index (κ3) is 2.38. The molecule has 1 aliphatic heterocycles. The normalized spacial score (nSPS) is 27.4. The highest BCUT2D eigenvalue weighted by Crippen LogP contribution is 2.33. The van der Waals surface area contributed by atoms with Crippen molar-refractivity contribution >= 4 is 5.97 Å². The van der Waals surface area contributed by atoms with Crippen molar-refractivity contribution in [3.63, 3.8) is 0 Å². The van der Waals surface area contributed by atoms with Crippen molar-refractivity contribution in [1.29, 1.82) is 0 Å². The maximum absolute atomic E-state index is 11.8. The van der Waals surface area contributed by atoms with Gasteiger partial charge >= 0.3 is 5.97 Å². The molecular formula is C12H21NO3. The third-order valence-corrected chi connectivity index (χ3v) is 3.57. The van der Waals surface area contributed by atoms with Gasteiger partial charge in [0.15, 0.2) is 0 Å². The second-order valence-corrected chi connectivity index (χ2v) is 4.67. The summed E-state index contributed by atoms with van der Waals surface area (Å²) in [5.41, 5.74) is -0.401. The molecule has 4 nitrogen and oxygen atoms in total. The van der Waals surface area contributed by atoms with Gasteiger partial charge in [0.2, 0.25) is 0 Å². The molecule has 1 N–H and O–H groups in total. The molecule has 0 aromatic rings. The lowest BCUT2D eigenvalue weighted by atomic mass is 9.76. The summed E-state index contributed by atoms with van der Waals surface area (Å²) in [7, 11) is 0. The Morgan fingerprint density at radius 3 is 2.81 bits per heavy atom. The van der Waals surface area contributed by atoms with E-state index >= 15 is 0 Å². The lowest BCUT2D eigenvalue weighted by Crippen LogP contribution is -2.59. The molecule has 2 rings (SSSR count). The molecule has 2 fully saturated rings. The second-order valence-electron chi connectivity index (χ2n) is 4.67. The van der Waals surface area contributed by atoms with E-state index in [1.165, 1.54) is 0 Å². The molecule has 16 heavy (non-hydrogen) atoms. The quantitative estimate of drug-likeness (QED) is 0.718. The minimum atomic E-state index is -0.401. The fourth-order valence-corrected chi connectivity index (χ4v) is 2.37. The van der Waals surface area contributed by atoms with Crippen molar-refractivity contribution in [3.05, 3.63) is 0 Å². The number of nitrogens with one attached hydrogen (secondary N) is 1. The summed E-state index contributed by atoms with van der Waals surface area (Å²) in [5, 5.41) is 3.36. The van der Waals surface area contributed by atoms with Crippen LogP contribution in [-0.4, -0.2) is 37.4 Å². The fourth-order valence-electron chi connectivity index (χ4n) is 2.37. The molecule has 1 saturated heterocycles. The van der Waals surface area contributed by atoms with Crippen molar-refractivity contribution in [2.45, 2.75) is 50.7 Å². The Morgan fingerprint density at radius 1 is 1.50 bits per heavy atom. The van der Waals surface area contributed by atoms with E-state index in [0.29, 0.717) is 6.61 Å². The van der Waals surface area contributed by atoms with E-state index in [9.17, 15) is 4.79 Å². The van der Waals surface area contributed by atoms with E-state index in [4.69, 9.17) is 9.47 Å². The van der Waals surface area contributed by atoms with Gasteiger partial charge in [-0.3, -0.25) is 10.1 Å². The Morgan fingerprint density at radius 2 is 2.31 bits per heavy atom. The Kier molecular flexibility index (Phi) is 3.82. The fraction of sp³-hybridized carbons (Fsp3) is 0.917. The number of hydrogen-bond acceptors (Lipinski definition) is 4. The first-order valence-electron chi connectivity index (χ1n) is 6.31. The van der Waals surface area contributed by atoms with Gasteiger partial charge in [0, 0.05) is 13.2 Å². The summed E-state index contributed by atoms with van der Waals surface area (Å²) in [5.74, 6) is -0.0840. The van der Waals surface area contributed by atoms with Crippen molar-refractivity contribution in [1.82, 2.24) is 5.32 Å². The first-order chi connectivity index (χ1) is 7.77. The van der Waals surface area contributed by atoms with Crippen molar-refractivity contribution in [2.75, 3.05) is 19.8 Å². The highest BCUT2D eigenvalue weighted by atomic mass is 16.5. The van der Waals surface area contributed by atoms with Gasteiger partial charge in [0.1, 0.15) is 5.54 Å². The molecule has 1 unspecified atom stereocenters. The smallest absolute Gasteiger partial charge is 0.326 e. The Balaban J connectivity index is 1.81. The first kappa shape index (κ1) is 11.9. The number of carbonyl (C=O) groups is 1. The SMILES string of the molecule is CCOC(=O)C1(NCC2CCCO2)CCC1. The molecule has 1 atom stereocenters. The number of carbonyl (C=O) groups excluding carboxylic acids is 1. The molecule has 4 heteroatoms. The Hall–Kier alpha value is -0.610. The van der Waals surface area contributed by atoms with Crippen LogP contribution in [0.15, 0.2) is 0 Å². The van der Waals surface area contributed by atoms with Crippen molar-refractivity contribution in [3.8, 4) is 0 Å². The van der Waals surface area contributed by atoms with Crippen LogP contribution in [0.25, 0.3) is 0 Å². The standard InChI is InChI=1S/C12H21NO3/c1-2-15-11(14)12(6-4-7-12)13-9-10-5-3-8-16-10/h10,13H,2-9H2,1H3. The van der Waals surface area contributed by atoms with E-state index < -0.39 is 5.54 Å². The lowest BCUT2D eigenvalue weighted by molar-refractivity contribution is -0.155. The van der Waals surface area contributed by atoms with Gasteiger partial charge in [0.05, 0.1) is 12.7 Å². The molecular weight excluding hydrogens is 206 g/mol. The molecule has 0 aromatic heterocycles. The van der Waals surface area contributed by atoms with Crippen LogP contribution in [0.1, 0.15) is 39.0 Å². The van der Waals surface area contributed by atoms with Crippen LogP contribution in [0, 0.1) is 0 Å². The van der Waals surface area contributed by atoms with Gasteiger partial charge in [-0.25, -0.2) is 0 Å². The van der Waals surface area contributed by atoms with E-state index in [1.54, 1.807) is 0 Å². The lowest BCUT2D eigenvalue weighted by Gasteiger charge is -2.40. The van der Waals surface area contributed by atoms with Crippen LogP contribution in [0.4, 0.5) is 0 Å². The summed E-state index contributed by atoms with van der Waals surface area (Å²) >= 11 is 0. The molecule has 0 radical (unpaired) electrons. The van der Waals surface area contributed by atoms with Crippen LogP contribution < -0.4 is 5.32 Å². The highest BCUT2D eigenvalue weighted by Gasteiger charge is 2.45. The van der Waals surface area contributed by atoms with E-state index in [2.05, 4.69) is 5.32 Å². The zero-order valence-electron chi connectivity index (χ0n) is 9.96. The van der Waals surface area contributed by atoms with Gasteiger partial charge in [-0.2, -0.15) is 0 Å². The second kappa shape index (κ2) is 5.15. The number of hydrogen-bond donors (Lipinski definition) is 1. The van der Waals surface area contributed by atoms with Crippen LogP contribution >= 0.6 is 0 Å². The molecule has 2 aliphatic rings. The molecule has 0 aromatic carbocycles. The monoisotopic (exact) mass is 227 g/mol. The molecule has 0 bridgehead atoms. The summed E-state index contributed by atoms with van der Waals surface area (Å²) in [6.07, 6.45) is 5.44. The molecule has 0 spiro atoms. The largest absolute Gasteiger partial charge is 0.465 e. The molecule has 92 valence electrons. The minimum Gasteiger partial charge on any atom is -0.465 e. The summed E-state index contributed by atoms with van der Waals surface area (Å²) in [4.78, 5) is 11.8. The van der Waals surface area contributed by atoms with E-state index in [0.717, 1.165) is 45.3 Å². The summed E-state index contributed by atoms with van der Waals surface area (Å²) < 4.78 is 10.7. The van der Waals surface area contributed by atoms with Gasteiger partial charge < -0.3 is 9.47 Å². The van der Waals surface area contributed by atoms with Crippen molar-refractivity contribution in [2.24, 2.45) is 0 Å². The maximum atomic E-state index is 11.8. The zero-order chi connectivity index (χ0) is 11.4. The van der Waals surface area contributed by atoms with E-state index in [1.807, 2.05) is 6.92 Å². The van der Waals surface area contributed by atoms with Gasteiger partial charge in [-0.05, 0) is 39.0 Å². The summed E-state index contributed by atoms with van der Waals surface area (Å²) in [6.45, 7) is 3.95. The number of esters is 1. The maximum Gasteiger partial charge on any atom is 0.326 e. The highest BCUT2D eigenvalue weighted by molar-refractivity contribution is 5.82. The topological polar surface area (TPSA) is 47.6 Å². The molecule has 1 heterocycles. The Labute approximate surface area is 96.7 Å². The van der Waals surface area contributed by atoms with Gasteiger partial charge in [-0.15, -0.1) is 0 Å². The van der Waals surface area contributed by atoms with Crippen LogP contribution in [-0.2, 0) is 14.3 Å². The number of rotatable bonds is 5. The average Bonchev–Trinajstić information content (AvgIpc) is 2.69. The zero-order valence-corrected chi connectivity index (χ0v) is 9.96. The molecule has 1 saturated carbocycles. The minimum absolute atomic E-state index is 0.0840. The number of ether oxygens (including phenoxy) is 2. The molecule has 1 aliphatic carbocycles. The predicted molar refractivity (Wildman–Crippen MR) is 60.2 cm³/mol. The Bertz CT molecular complexity index is 245. The van der Waals surface area contributed by atoms with Crippen LogP contribution in [0.2, 0.25) is 0 Å².